The minimum Gasteiger partial charge on any atom is -0.486 e. The lowest BCUT2D eigenvalue weighted by Crippen LogP contribution is -2.17. The van der Waals surface area contributed by atoms with E-state index in [9.17, 15) is 4.79 Å². The Bertz CT molecular complexity index is 1050. The molecule has 28 heavy (non-hydrogen) atoms. The fourth-order valence-corrected chi connectivity index (χ4v) is 3.80. The van der Waals surface area contributed by atoms with Crippen LogP contribution in [0.2, 0.25) is 0 Å². The van der Waals surface area contributed by atoms with E-state index in [2.05, 4.69) is 10.3 Å². The van der Waals surface area contributed by atoms with Gasteiger partial charge in [0.1, 0.15) is 13.2 Å². The lowest BCUT2D eigenvalue weighted by atomic mass is 10.1. The predicted molar refractivity (Wildman–Crippen MR) is 103 cm³/mol. The van der Waals surface area contributed by atoms with Crippen molar-refractivity contribution in [3.8, 4) is 34.3 Å². The van der Waals surface area contributed by atoms with Crippen molar-refractivity contribution in [2.24, 2.45) is 0 Å². The minimum absolute atomic E-state index is 0.136. The molecule has 1 N–H and O–H groups in total. The number of hydrogen-bond donors (Lipinski definition) is 1. The summed E-state index contributed by atoms with van der Waals surface area (Å²) in [6.45, 7) is 1.30. The number of amides is 1. The molecule has 0 saturated heterocycles. The van der Waals surface area contributed by atoms with Crippen molar-refractivity contribution < 1.29 is 23.7 Å². The van der Waals surface area contributed by atoms with Crippen LogP contribution < -0.4 is 24.3 Å². The van der Waals surface area contributed by atoms with Crippen molar-refractivity contribution in [2.45, 2.75) is 6.42 Å². The second-order valence-corrected chi connectivity index (χ2v) is 7.17. The number of hydrogen-bond acceptors (Lipinski definition) is 7. The number of anilines is 1. The number of nitrogens with one attached hydrogen (secondary N) is 1. The van der Waals surface area contributed by atoms with Crippen LogP contribution in [-0.4, -0.2) is 30.9 Å². The van der Waals surface area contributed by atoms with E-state index in [0.29, 0.717) is 35.6 Å². The summed E-state index contributed by atoms with van der Waals surface area (Å²) in [4.78, 5) is 16.9. The summed E-state index contributed by atoms with van der Waals surface area (Å²) in [7, 11) is 0. The maximum absolute atomic E-state index is 12.4. The zero-order chi connectivity index (χ0) is 18.9. The van der Waals surface area contributed by atoms with Crippen molar-refractivity contribution in [1.82, 2.24) is 4.98 Å². The van der Waals surface area contributed by atoms with Gasteiger partial charge < -0.3 is 24.3 Å². The van der Waals surface area contributed by atoms with E-state index in [-0.39, 0.29) is 19.1 Å². The fraction of sp³-hybridized carbons (Fsp3) is 0.200. The summed E-state index contributed by atoms with van der Waals surface area (Å²) in [5.74, 6) is 2.68. The van der Waals surface area contributed by atoms with Crippen LogP contribution >= 0.6 is 11.3 Å². The van der Waals surface area contributed by atoms with Crippen LogP contribution in [-0.2, 0) is 11.2 Å². The fourth-order valence-electron chi connectivity index (χ4n) is 3.07. The molecule has 0 aliphatic carbocycles. The molecule has 3 heterocycles. The molecule has 2 aromatic carbocycles. The van der Waals surface area contributed by atoms with Gasteiger partial charge in [-0.05, 0) is 35.9 Å². The van der Waals surface area contributed by atoms with E-state index in [0.717, 1.165) is 22.6 Å². The number of aromatic nitrogens is 1. The molecule has 142 valence electrons. The Hall–Kier alpha value is -3.26. The molecule has 3 aromatic rings. The lowest BCUT2D eigenvalue weighted by Gasteiger charge is -2.18. The number of thiazole rings is 1. The maximum Gasteiger partial charge on any atom is 0.231 e. The molecule has 0 atom stereocenters. The highest BCUT2D eigenvalue weighted by molar-refractivity contribution is 7.14. The Labute approximate surface area is 164 Å². The van der Waals surface area contributed by atoms with Gasteiger partial charge in [-0.1, -0.05) is 6.07 Å². The van der Waals surface area contributed by atoms with Crippen LogP contribution in [0.25, 0.3) is 11.3 Å². The third-order valence-electron chi connectivity index (χ3n) is 4.39. The highest BCUT2D eigenvalue weighted by Crippen LogP contribution is 2.36. The van der Waals surface area contributed by atoms with Gasteiger partial charge in [0.2, 0.25) is 12.7 Å². The highest BCUT2D eigenvalue weighted by Gasteiger charge is 2.16. The molecule has 8 heteroatoms. The van der Waals surface area contributed by atoms with Crippen LogP contribution in [0.1, 0.15) is 5.56 Å². The van der Waals surface area contributed by atoms with Crippen LogP contribution in [0, 0.1) is 0 Å². The van der Waals surface area contributed by atoms with E-state index in [1.54, 1.807) is 0 Å². The molecule has 0 radical (unpaired) electrons. The van der Waals surface area contributed by atoms with Crippen LogP contribution in [0.3, 0.4) is 0 Å². The molecule has 2 aliphatic rings. The van der Waals surface area contributed by atoms with Gasteiger partial charge in [0.15, 0.2) is 28.1 Å². The number of benzene rings is 2. The molecular weight excluding hydrogens is 380 g/mol. The first-order valence-corrected chi connectivity index (χ1v) is 9.66. The molecule has 0 unspecified atom stereocenters. The first-order valence-electron chi connectivity index (χ1n) is 8.78. The van der Waals surface area contributed by atoms with Gasteiger partial charge in [-0.2, -0.15) is 0 Å². The van der Waals surface area contributed by atoms with Gasteiger partial charge in [0.05, 0.1) is 12.1 Å². The summed E-state index contributed by atoms with van der Waals surface area (Å²) in [5.41, 5.74) is 2.54. The van der Waals surface area contributed by atoms with E-state index in [1.807, 2.05) is 41.8 Å². The number of rotatable bonds is 4. The average molecular weight is 396 g/mol. The Morgan fingerprint density at radius 1 is 0.964 bits per heavy atom. The quantitative estimate of drug-likeness (QED) is 0.727. The van der Waals surface area contributed by atoms with E-state index in [1.165, 1.54) is 11.3 Å². The average Bonchev–Trinajstić information content (AvgIpc) is 3.36. The Morgan fingerprint density at radius 2 is 1.71 bits per heavy atom. The number of carbonyl (C=O) groups is 1. The summed E-state index contributed by atoms with van der Waals surface area (Å²) in [5, 5.41) is 5.30. The molecule has 5 rings (SSSR count). The minimum atomic E-state index is -0.136. The molecule has 7 nitrogen and oxygen atoms in total. The molecule has 2 aliphatic heterocycles. The van der Waals surface area contributed by atoms with Gasteiger partial charge in [-0.3, -0.25) is 4.79 Å². The molecule has 1 aromatic heterocycles. The standard InChI is InChI=1S/C20H16N2O5S/c23-19(8-12-1-3-15-17(7-12)25-6-5-24-15)22-20-21-14(10-28-20)13-2-4-16-18(9-13)27-11-26-16/h1-4,7,9-10H,5-6,8,11H2,(H,21,22,23). The Kier molecular flexibility index (Phi) is 4.25. The monoisotopic (exact) mass is 396 g/mol. The van der Waals surface area contributed by atoms with Crippen molar-refractivity contribution in [1.29, 1.82) is 0 Å². The Morgan fingerprint density at radius 3 is 2.64 bits per heavy atom. The van der Waals surface area contributed by atoms with Gasteiger partial charge in [-0.15, -0.1) is 11.3 Å². The third kappa shape index (κ3) is 3.34. The van der Waals surface area contributed by atoms with E-state index < -0.39 is 0 Å². The SMILES string of the molecule is O=C(Cc1ccc2c(c1)OCCO2)Nc1nc(-c2ccc3c(c2)OCO3)cs1. The predicted octanol–water partition coefficient (Wildman–Crippen LogP) is 3.49. The number of ether oxygens (including phenoxy) is 4. The molecular formula is C20H16N2O5S. The van der Waals surface area contributed by atoms with Crippen molar-refractivity contribution in [2.75, 3.05) is 25.3 Å². The summed E-state index contributed by atoms with van der Waals surface area (Å²) < 4.78 is 21.8. The maximum atomic E-state index is 12.4. The summed E-state index contributed by atoms with van der Waals surface area (Å²) in [6, 6.07) is 11.2. The highest BCUT2D eigenvalue weighted by atomic mass is 32.1. The van der Waals surface area contributed by atoms with Gasteiger partial charge in [0, 0.05) is 10.9 Å². The largest absolute Gasteiger partial charge is 0.486 e. The van der Waals surface area contributed by atoms with Crippen molar-refractivity contribution in [3.05, 3.63) is 47.3 Å². The molecule has 0 saturated carbocycles. The van der Waals surface area contributed by atoms with Crippen molar-refractivity contribution in [3.63, 3.8) is 0 Å². The zero-order valence-electron chi connectivity index (χ0n) is 14.8. The lowest BCUT2D eigenvalue weighted by molar-refractivity contribution is -0.115. The zero-order valence-corrected chi connectivity index (χ0v) is 15.6. The normalized spacial score (nSPS) is 14.0. The topological polar surface area (TPSA) is 78.9 Å². The van der Waals surface area contributed by atoms with Crippen LogP contribution in [0.4, 0.5) is 5.13 Å². The second kappa shape index (κ2) is 7.05. The Balaban J connectivity index is 1.26. The number of carbonyl (C=O) groups excluding carboxylic acids is 1. The number of nitrogens with zero attached hydrogens (tertiary/aromatic N) is 1. The van der Waals surface area contributed by atoms with E-state index in [4.69, 9.17) is 18.9 Å². The van der Waals surface area contributed by atoms with Crippen molar-refractivity contribution >= 4 is 22.4 Å². The molecule has 1 amide bonds. The van der Waals surface area contributed by atoms with Gasteiger partial charge in [-0.25, -0.2) is 4.98 Å². The smallest absolute Gasteiger partial charge is 0.231 e. The first kappa shape index (κ1) is 16.9. The first-order chi connectivity index (χ1) is 13.7. The number of fused-ring (bicyclic) bond motifs is 2. The van der Waals surface area contributed by atoms with Gasteiger partial charge in [0.25, 0.3) is 0 Å². The van der Waals surface area contributed by atoms with E-state index >= 15 is 0 Å². The van der Waals surface area contributed by atoms with Gasteiger partial charge >= 0.3 is 0 Å². The molecule has 0 fully saturated rings. The molecule has 0 spiro atoms. The summed E-state index contributed by atoms with van der Waals surface area (Å²) in [6.07, 6.45) is 0.232. The van der Waals surface area contributed by atoms with Crippen LogP contribution in [0.15, 0.2) is 41.8 Å². The van der Waals surface area contributed by atoms with Crippen LogP contribution in [0.5, 0.6) is 23.0 Å². The second-order valence-electron chi connectivity index (χ2n) is 6.31. The molecule has 0 bridgehead atoms. The third-order valence-corrected chi connectivity index (χ3v) is 5.15. The summed E-state index contributed by atoms with van der Waals surface area (Å²) >= 11 is 1.38.